The molecule has 1 amide bonds. The fraction of sp³-hybridized carbons (Fsp3) is 0.280. The molecule has 0 N–H and O–H groups in total. The molecular weight excluding hydrogens is 442 g/mol. The molecule has 7 nitrogen and oxygen atoms in total. The van der Waals surface area contributed by atoms with E-state index >= 15 is 0 Å². The molecule has 0 aliphatic carbocycles. The zero-order chi connectivity index (χ0) is 23.7. The van der Waals surface area contributed by atoms with Crippen LogP contribution in [-0.4, -0.2) is 56.0 Å². The van der Waals surface area contributed by atoms with E-state index in [9.17, 15) is 18.0 Å². The first-order valence-corrected chi connectivity index (χ1v) is 12.4. The van der Waals surface area contributed by atoms with Crippen molar-refractivity contribution in [1.82, 2.24) is 4.90 Å². The van der Waals surface area contributed by atoms with Gasteiger partial charge >= 0.3 is 5.97 Å². The lowest BCUT2D eigenvalue weighted by molar-refractivity contribution is -0.149. The third kappa shape index (κ3) is 7.61. The zero-order valence-corrected chi connectivity index (χ0v) is 19.1. The number of hydrogen-bond donors (Lipinski definition) is 0. The summed E-state index contributed by atoms with van der Waals surface area (Å²) in [5.41, 5.74) is 1.65. The van der Waals surface area contributed by atoms with E-state index in [1.165, 1.54) is 11.0 Å². The molecule has 8 heteroatoms. The third-order valence-corrected chi connectivity index (χ3v) is 6.91. The highest BCUT2D eigenvalue weighted by atomic mass is 32.2. The second kappa shape index (κ2) is 11.5. The predicted octanol–water partition coefficient (Wildman–Crippen LogP) is 3.02. The Morgan fingerprint density at radius 3 is 2.45 bits per heavy atom. The monoisotopic (exact) mass is 469 g/mol. The fourth-order valence-electron chi connectivity index (χ4n) is 3.48. The van der Waals surface area contributed by atoms with Crippen molar-refractivity contribution < 1.29 is 27.5 Å². The predicted molar refractivity (Wildman–Crippen MR) is 126 cm³/mol. The molecule has 0 unspecified atom stereocenters. The molecule has 1 atom stereocenters. The summed E-state index contributed by atoms with van der Waals surface area (Å²) in [6, 6.07) is 16.0. The lowest BCUT2D eigenvalue weighted by Crippen LogP contribution is -2.42. The van der Waals surface area contributed by atoms with E-state index in [1.807, 2.05) is 30.3 Å². The molecule has 1 fully saturated rings. The van der Waals surface area contributed by atoms with Crippen LogP contribution in [0.25, 0.3) is 6.08 Å². The Kier molecular flexibility index (Phi) is 8.43. The van der Waals surface area contributed by atoms with Gasteiger partial charge in [-0.05, 0) is 35.8 Å². The van der Waals surface area contributed by atoms with Gasteiger partial charge in [-0.15, -0.1) is 0 Å². The standard InChI is InChI=1S/C25H27NO6S/c1-2-15-31-23-11-8-20(9-12-23)10-13-25(28)32-18-24(27)26(17-21-6-4-3-5-7-21)22-14-16-33(29,30)19-22/h2-13,22H,1,14-19H2/b13-10+/t22-/m0/s1. The number of sulfone groups is 1. The smallest absolute Gasteiger partial charge is 0.331 e. The fourth-order valence-corrected chi connectivity index (χ4v) is 5.21. The minimum atomic E-state index is -3.17. The first kappa shape index (κ1) is 24.3. The molecule has 2 aromatic carbocycles. The summed E-state index contributed by atoms with van der Waals surface area (Å²) in [5, 5.41) is 0. The van der Waals surface area contributed by atoms with Crippen molar-refractivity contribution >= 4 is 27.8 Å². The number of benzene rings is 2. The average molecular weight is 470 g/mol. The molecule has 1 aliphatic heterocycles. The summed E-state index contributed by atoms with van der Waals surface area (Å²) in [5.74, 6) is -0.421. The summed E-state index contributed by atoms with van der Waals surface area (Å²) in [6.45, 7) is 3.80. The van der Waals surface area contributed by atoms with Gasteiger partial charge in [-0.3, -0.25) is 4.79 Å². The second-order valence-corrected chi connectivity index (χ2v) is 9.90. The van der Waals surface area contributed by atoms with Crippen LogP contribution in [0.1, 0.15) is 17.5 Å². The number of ether oxygens (including phenoxy) is 2. The summed E-state index contributed by atoms with van der Waals surface area (Å²) in [7, 11) is -3.17. The topological polar surface area (TPSA) is 90.0 Å². The lowest BCUT2D eigenvalue weighted by Gasteiger charge is -2.28. The van der Waals surface area contributed by atoms with Gasteiger partial charge in [0.15, 0.2) is 16.4 Å². The normalized spacial score (nSPS) is 16.9. The first-order chi connectivity index (χ1) is 15.9. The molecular formula is C25H27NO6S. The number of carbonyl (C=O) groups is 2. The third-order valence-electron chi connectivity index (χ3n) is 5.16. The van der Waals surface area contributed by atoms with Crippen LogP contribution in [-0.2, 0) is 30.7 Å². The lowest BCUT2D eigenvalue weighted by atomic mass is 10.1. The van der Waals surface area contributed by atoms with Gasteiger partial charge in [0.05, 0.1) is 11.5 Å². The minimum absolute atomic E-state index is 0.0518. The van der Waals surface area contributed by atoms with E-state index < -0.39 is 34.4 Å². The van der Waals surface area contributed by atoms with E-state index in [4.69, 9.17) is 9.47 Å². The highest BCUT2D eigenvalue weighted by molar-refractivity contribution is 7.91. The zero-order valence-electron chi connectivity index (χ0n) is 18.3. The minimum Gasteiger partial charge on any atom is -0.490 e. The van der Waals surface area contributed by atoms with E-state index in [1.54, 1.807) is 36.4 Å². The highest BCUT2D eigenvalue weighted by Gasteiger charge is 2.34. The number of hydrogen-bond acceptors (Lipinski definition) is 6. The largest absolute Gasteiger partial charge is 0.490 e. The molecule has 0 radical (unpaired) electrons. The molecule has 2 aromatic rings. The molecule has 0 saturated carbocycles. The van der Waals surface area contributed by atoms with Crippen LogP contribution in [0, 0.1) is 0 Å². The van der Waals surface area contributed by atoms with Crippen LogP contribution < -0.4 is 4.74 Å². The molecule has 1 heterocycles. The Morgan fingerprint density at radius 2 is 1.82 bits per heavy atom. The molecule has 174 valence electrons. The van der Waals surface area contributed by atoms with E-state index in [2.05, 4.69) is 6.58 Å². The first-order valence-electron chi connectivity index (χ1n) is 10.6. The number of carbonyl (C=O) groups excluding carboxylic acids is 2. The van der Waals surface area contributed by atoms with Crippen LogP contribution in [0.2, 0.25) is 0 Å². The van der Waals surface area contributed by atoms with E-state index in [0.717, 1.165) is 11.1 Å². The van der Waals surface area contributed by atoms with Gasteiger partial charge in [-0.2, -0.15) is 0 Å². The Labute approximate surface area is 194 Å². The van der Waals surface area contributed by atoms with Crippen LogP contribution in [0.3, 0.4) is 0 Å². The molecule has 1 saturated heterocycles. The SMILES string of the molecule is C=CCOc1ccc(/C=C/C(=O)OCC(=O)N(Cc2ccccc2)[C@H]2CCS(=O)(=O)C2)cc1. The maximum absolute atomic E-state index is 12.9. The quantitative estimate of drug-likeness (QED) is 0.302. The molecule has 33 heavy (non-hydrogen) atoms. The van der Waals surface area contributed by atoms with Gasteiger partial charge < -0.3 is 14.4 Å². The van der Waals surface area contributed by atoms with Crippen molar-refractivity contribution in [2.75, 3.05) is 24.7 Å². The van der Waals surface area contributed by atoms with Crippen molar-refractivity contribution in [3.8, 4) is 5.75 Å². The number of rotatable bonds is 10. The second-order valence-electron chi connectivity index (χ2n) is 7.67. The average Bonchev–Trinajstić information content (AvgIpc) is 3.18. The summed E-state index contributed by atoms with van der Waals surface area (Å²) in [6.07, 6.45) is 4.85. The number of nitrogens with zero attached hydrogens (tertiary/aromatic N) is 1. The van der Waals surface area contributed by atoms with Crippen LogP contribution in [0.4, 0.5) is 0 Å². The Balaban J connectivity index is 1.57. The molecule has 0 spiro atoms. The van der Waals surface area contributed by atoms with Crippen molar-refractivity contribution in [2.24, 2.45) is 0 Å². The Bertz CT molecular complexity index is 1090. The van der Waals surface area contributed by atoms with Crippen LogP contribution >= 0.6 is 0 Å². The number of esters is 1. The number of amides is 1. The van der Waals surface area contributed by atoms with Gasteiger partial charge in [0.1, 0.15) is 12.4 Å². The van der Waals surface area contributed by atoms with Crippen molar-refractivity contribution in [1.29, 1.82) is 0 Å². The van der Waals surface area contributed by atoms with Crippen LogP contribution in [0.15, 0.2) is 73.3 Å². The van der Waals surface area contributed by atoms with E-state index in [0.29, 0.717) is 18.8 Å². The van der Waals surface area contributed by atoms with E-state index in [-0.39, 0.29) is 18.1 Å². The van der Waals surface area contributed by atoms with Crippen molar-refractivity contribution in [3.05, 3.63) is 84.5 Å². The maximum Gasteiger partial charge on any atom is 0.331 e. The highest BCUT2D eigenvalue weighted by Crippen LogP contribution is 2.20. The van der Waals surface area contributed by atoms with Crippen molar-refractivity contribution in [2.45, 2.75) is 19.0 Å². The van der Waals surface area contributed by atoms with Gasteiger partial charge in [0, 0.05) is 18.7 Å². The molecule has 0 bridgehead atoms. The summed E-state index contributed by atoms with van der Waals surface area (Å²) >= 11 is 0. The molecule has 0 aromatic heterocycles. The van der Waals surface area contributed by atoms with Crippen molar-refractivity contribution in [3.63, 3.8) is 0 Å². The Morgan fingerprint density at radius 1 is 1.09 bits per heavy atom. The van der Waals surface area contributed by atoms with Gasteiger partial charge in [-0.25, -0.2) is 13.2 Å². The van der Waals surface area contributed by atoms with Gasteiger partial charge in [-0.1, -0.05) is 55.1 Å². The summed E-state index contributed by atoms with van der Waals surface area (Å²) < 4.78 is 34.4. The Hall–Kier alpha value is -3.39. The van der Waals surface area contributed by atoms with Gasteiger partial charge in [0.25, 0.3) is 5.91 Å². The maximum atomic E-state index is 12.9. The molecule has 1 aliphatic rings. The van der Waals surface area contributed by atoms with Crippen LogP contribution in [0.5, 0.6) is 5.75 Å². The summed E-state index contributed by atoms with van der Waals surface area (Å²) in [4.78, 5) is 26.5. The van der Waals surface area contributed by atoms with Gasteiger partial charge in [0.2, 0.25) is 0 Å². The molecule has 3 rings (SSSR count).